The van der Waals surface area contributed by atoms with E-state index in [1.165, 1.54) is 0 Å². The summed E-state index contributed by atoms with van der Waals surface area (Å²) in [5.41, 5.74) is 0. The van der Waals surface area contributed by atoms with Gasteiger partial charge in [0.2, 0.25) is 10.0 Å². The van der Waals surface area contributed by atoms with Crippen molar-refractivity contribution in [1.82, 2.24) is 19.2 Å². The standard InChI is InChI=1S/C16H28N6O2S/c1-4-25(23,24)22-11-9-21(10-12-22)16-13-15(17-14(2)18-16)20-7-5-19(3)6-8-20/h13H,4-12H2,1-3H3. The van der Waals surface area contributed by atoms with E-state index in [0.717, 1.165) is 43.6 Å². The maximum absolute atomic E-state index is 12.0. The highest BCUT2D eigenvalue weighted by molar-refractivity contribution is 7.89. The second kappa shape index (κ2) is 7.43. The van der Waals surface area contributed by atoms with Crippen molar-refractivity contribution >= 4 is 21.7 Å². The molecule has 0 radical (unpaired) electrons. The van der Waals surface area contributed by atoms with Crippen LogP contribution in [0.3, 0.4) is 0 Å². The van der Waals surface area contributed by atoms with Gasteiger partial charge in [-0.15, -0.1) is 0 Å². The van der Waals surface area contributed by atoms with E-state index in [1.807, 2.05) is 13.0 Å². The van der Waals surface area contributed by atoms with Crippen LogP contribution in [0.1, 0.15) is 12.7 Å². The number of rotatable bonds is 4. The van der Waals surface area contributed by atoms with Crippen LogP contribution in [0.4, 0.5) is 11.6 Å². The monoisotopic (exact) mass is 368 g/mol. The summed E-state index contributed by atoms with van der Waals surface area (Å²) in [6, 6.07) is 2.04. The summed E-state index contributed by atoms with van der Waals surface area (Å²) in [7, 11) is -0.968. The van der Waals surface area contributed by atoms with E-state index in [9.17, 15) is 8.42 Å². The lowest BCUT2D eigenvalue weighted by atomic mass is 10.3. The lowest BCUT2D eigenvalue weighted by molar-refractivity contribution is 0.312. The first kappa shape index (κ1) is 18.3. The summed E-state index contributed by atoms with van der Waals surface area (Å²) in [5, 5.41) is 0. The minimum absolute atomic E-state index is 0.160. The molecule has 2 aliphatic rings. The zero-order chi connectivity index (χ0) is 18.0. The third kappa shape index (κ3) is 4.21. The molecule has 3 rings (SSSR count). The molecule has 2 fully saturated rings. The number of hydrogen-bond donors (Lipinski definition) is 0. The summed E-state index contributed by atoms with van der Waals surface area (Å²) in [6.45, 7) is 9.97. The largest absolute Gasteiger partial charge is 0.354 e. The highest BCUT2D eigenvalue weighted by atomic mass is 32.2. The maximum Gasteiger partial charge on any atom is 0.213 e. The normalized spacial score (nSPS) is 20.9. The molecule has 0 unspecified atom stereocenters. The van der Waals surface area contributed by atoms with E-state index in [1.54, 1.807) is 11.2 Å². The van der Waals surface area contributed by atoms with Gasteiger partial charge in [0.05, 0.1) is 5.75 Å². The van der Waals surface area contributed by atoms with Crippen LogP contribution in [0.25, 0.3) is 0 Å². The van der Waals surface area contributed by atoms with Gasteiger partial charge in [-0.1, -0.05) is 0 Å². The molecule has 2 saturated heterocycles. The fourth-order valence-corrected chi connectivity index (χ4v) is 4.36. The van der Waals surface area contributed by atoms with Crippen molar-refractivity contribution in [3.8, 4) is 0 Å². The van der Waals surface area contributed by atoms with Gasteiger partial charge in [0.1, 0.15) is 17.5 Å². The molecule has 2 aliphatic heterocycles. The van der Waals surface area contributed by atoms with Crippen molar-refractivity contribution < 1.29 is 8.42 Å². The van der Waals surface area contributed by atoms with Crippen LogP contribution in [0, 0.1) is 6.92 Å². The second-order valence-corrected chi connectivity index (χ2v) is 8.97. The van der Waals surface area contributed by atoms with Crippen LogP contribution in [0.15, 0.2) is 6.07 Å². The average Bonchev–Trinajstić information content (AvgIpc) is 2.62. The van der Waals surface area contributed by atoms with Crippen LogP contribution in [-0.2, 0) is 10.0 Å². The molecule has 0 atom stereocenters. The quantitative estimate of drug-likeness (QED) is 0.741. The molecule has 0 aromatic carbocycles. The molecule has 9 heteroatoms. The van der Waals surface area contributed by atoms with Crippen LogP contribution >= 0.6 is 0 Å². The molecule has 8 nitrogen and oxygen atoms in total. The Bertz CT molecular complexity index is 695. The number of anilines is 2. The molecule has 1 aromatic heterocycles. The first-order valence-electron chi connectivity index (χ1n) is 8.91. The third-order valence-electron chi connectivity index (χ3n) is 4.96. The van der Waals surface area contributed by atoms with Gasteiger partial charge in [0, 0.05) is 58.4 Å². The first-order valence-corrected chi connectivity index (χ1v) is 10.5. The molecule has 0 aliphatic carbocycles. The Labute approximate surface area is 150 Å². The van der Waals surface area contributed by atoms with Crippen LogP contribution in [0.2, 0.25) is 0 Å². The molecule has 0 amide bonds. The fourth-order valence-electron chi connectivity index (χ4n) is 3.27. The fraction of sp³-hybridized carbons (Fsp3) is 0.750. The topological polar surface area (TPSA) is 72.9 Å². The smallest absolute Gasteiger partial charge is 0.213 e. The zero-order valence-electron chi connectivity index (χ0n) is 15.3. The van der Waals surface area contributed by atoms with Crippen molar-refractivity contribution in [1.29, 1.82) is 0 Å². The predicted molar refractivity (Wildman–Crippen MR) is 99.7 cm³/mol. The number of sulfonamides is 1. The van der Waals surface area contributed by atoms with Crippen molar-refractivity contribution in [3.05, 3.63) is 11.9 Å². The molecule has 0 N–H and O–H groups in total. The number of aromatic nitrogens is 2. The molecule has 0 saturated carbocycles. The number of hydrogen-bond acceptors (Lipinski definition) is 7. The van der Waals surface area contributed by atoms with Crippen LogP contribution in [-0.4, -0.2) is 92.7 Å². The predicted octanol–water partition coefficient (Wildman–Crippen LogP) is 0.00852. The third-order valence-corrected chi connectivity index (χ3v) is 6.84. The number of aryl methyl sites for hydroxylation is 1. The summed E-state index contributed by atoms with van der Waals surface area (Å²) >= 11 is 0. The van der Waals surface area contributed by atoms with E-state index in [2.05, 4.69) is 31.7 Å². The van der Waals surface area contributed by atoms with Gasteiger partial charge in [-0.05, 0) is 20.9 Å². The molecule has 1 aromatic rings. The lowest BCUT2D eigenvalue weighted by Gasteiger charge is -2.36. The Morgan fingerprint density at radius 2 is 1.40 bits per heavy atom. The van der Waals surface area contributed by atoms with Crippen molar-refractivity contribution in [3.63, 3.8) is 0 Å². The average molecular weight is 369 g/mol. The minimum atomic E-state index is -3.10. The Balaban J connectivity index is 1.71. The zero-order valence-corrected chi connectivity index (χ0v) is 16.2. The van der Waals surface area contributed by atoms with Crippen molar-refractivity contribution in [2.75, 3.05) is 75.0 Å². The number of likely N-dealkylation sites (N-methyl/N-ethyl adjacent to an activating group) is 1. The van der Waals surface area contributed by atoms with Gasteiger partial charge in [-0.25, -0.2) is 18.4 Å². The Morgan fingerprint density at radius 1 is 0.920 bits per heavy atom. The van der Waals surface area contributed by atoms with Crippen molar-refractivity contribution in [2.24, 2.45) is 0 Å². The summed E-state index contributed by atoms with van der Waals surface area (Å²) in [5.74, 6) is 2.79. The first-order chi connectivity index (χ1) is 11.9. The van der Waals surface area contributed by atoms with E-state index in [4.69, 9.17) is 0 Å². The molecule has 0 spiro atoms. The van der Waals surface area contributed by atoms with E-state index < -0.39 is 10.0 Å². The van der Waals surface area contributed by atoms with E-state index in [-0.39, 0.29) is 5.75 Å². The van der Waals surface area contributed by atoms with Gasteiger partial charge >= 0.3 is 0 Å². The minimum Gasteiger partial charge on any atom is -0.354 e. The molecular weight excluding hydrogens is 340 g/mol. The molecule has 3 heterocycles. The van der Waals surface area contributed by atoms with Crippen LogP contribution in [0.5, 0.6) is 0 Å². The highest BCUT2D eigenvalue weighted by Gasteiger charge is 2.26. The second-order valence-electron chi connectivity index (χ2n) is 6.71. The van der Waals surface area contributed by atoms with Crippen LogP contribution < -0.4 is 9.80 Å². The van der Waals surface area contributed by atoms with Gasteiger partial charge in [-0.3, -0.25) is 0 Å². The maximum atomic E-state index is 12.0. The summed E-state index contributed by atoms with van der Waals surface area (Å²) in [6.07, 6.45) is 0. The molecule has 140 valence electrons. The van der Waals surface area contributed by atoms with Gasteiger partial charge in [-0.2, -0.15) is 4.31 Å². The Kier molecular flexibility index (Phi) is 5.45. The summed E-state index contributed by atoms with van der Waals surface area (Å²) < 4.78 is 25.6. The van der Waals surface area contributed by atoms with E-state index in [0.29, 0.717) is 26.2 Å². The molecule has 25 heavy (non-hydrogen) atoms. The van der Waals surface area contributed by atoms with Gasteiger partial charge in [0.25, 0.3) is 0 Å². The number of piperazine rings is 2. The Morgan fingerprint density at radius 3 is 1.88 bits per heavy atom. The Hall–Kier alpha value is -1.45. The molecule has 0 bridgehead atoms. The highest BCUT2D eigenvalue weighted by Crippen LogP contribution is 2.22. The number of nitrogens with zero attached hydrogens (tertiary/aromatic N) is 6. The summed E-state index contributed by atoms with van der Waals surface area (Å²) in [4.78, 5) is 16.0. The van der Waals surface area contributed by atoms with Gasteiger partial charge in [0.15, 0.2) is 0 Å². The van der Waals surface area contributed by atoms with Gasteiger partial charge < -0.3 is 14.7 Å². The van der Waals surface area contributed by atoms with E-state index >= 15 is 0 Å². The van der Waals surface area contributed by atoms with Crippen molar-refractivity contribution in [2.45, 2.75) is 13.8 Å². The molecular formula is C16H28N6O2S. The lowest BCUT2D eigenvalue weighted by Crippen LogP contribution is -2.49. The SMILES string of the molecule is CCS(=O)(=O)N1CCN(c2cc(N3CCN(C)CC3)nc(C)n2)CC1.